The van der Waals surface area contributed by atoms with Crippen molar-refractivity contribution in [3.05, 3.63) is 88.9 Å². The van der Waals surface area contributed by atoms with Crippen LogP contribution in [0.15, 0.2) is 71.0 Å². The van der Waals surface area contributed by atoms with Crippen LogP contribution in [0.4, 0.5) is 5.82 Å². The van der Waals surface area contributed by atoms with Gasteiger partial charge in [-0.2, -0.15) is 10.2 Å². The molecule has 6 aromatic rings. The van der Waals surface area contributed by atoms with Gasteiger partial charge in [0.1, 0.15) is 20.8 Å². The Labute approximate surface area is 599 Å². The molecule has 8 heterocycles. The van der Waals surface area contributed by atoms with E-state index >= 15 is 0 Å². The summed E-state index contributed by atoms with van der Waals surface area (Å²) in [5.74, 6) is 2.12. The van der Waals surface area contributed by atoms with Crippen LogP contribution in [0.25, 0.3) is 11.6 Å². The number of rotatable bonds is 16. The Hall–Kier alpha value is -3.38. The van der Waals surface area contributed by atoms with Gasteiger partial charge in [0.05, 0.1) is 35.7 Å². The van der Waals surface area contributed by atoms with Crippen molar-refractivity contribution in [1.82, 2.24) is 63.9 Å². The van der Waals surface area contributed by atoms with E-state index in [0.29, 0.717) is 59.6 Å². The number of nitrogens with zero attached hydrogens (tertiary/aromatic N) is 11. The minimum absolute atomic E-state index is 0. The average molecular weight is 1320 g/mol. The number of pyridine rings is 2. The molecule has 2 aliphatic heterocycles. The minimum atomic E-state index is -4.12. The van der Waals surface area contributed by atoms with E-state index in [9.17, 15) is 26.4 Å². The first-order valence-corrected chi connectivity index (χ1v) is 31.1. The summed E-state index contributed by atoms with van der Waals surface area (Å²) in [6.07, 6.45) is 20.7. The number of carbonyl (C=O) groups excluding carboxylic acids is 3. The van der Waals surface area contributed by atoms with Crippen LogP contribution in [0.2, 0.25) is 5.15 Å². The van der Waals surface area contributed by atoms with Crippen LogP contribution in [0.5, 0.6) is 11.8 Å². The van der Waals surface area contributed by atoms with Crippen molar-refractivity contribution < 1.29 is 155 Å². The first-order valence-electron chi connectivity index (χ1n) is 27.7. The number of carbonyl (C=O) groups is 3. The van der Waals surface area contributed by atoms with E-state index in [1.165, 1.54) is 77.7 Å². The van der Waals surface area contributed by atoms with Crippen LogP contribution in [0.3, 0.4) is 0 Å². The molecule has 4 aliphatic carbocycles. The van der Waals surface area contributed by atoms with Crippen LogP contribution in [-0.4, -0.2) is 122 Å². The van der Waals surface area contributed by atoms with Gasteiger partial charge in [0.15, 0.2) is 11.6 Å². The van der Waals surface area contributed by atoms with E-state index in [-0.39, 0.29) is 171 Å². The summed E-state index contributed by atoms with van der Waals surface area (Å²) in [4.78, 5) is 48.5. The van der Waals surface area contributed by atoms with E-state index in [2.05, 4.69) is 72.9 Å². The van der Waals surface area contributed by atoms with Gasteiger partial charge in [0, 0.05) is 79.5 Å². The number of anilines is 1. The number of hydrogen-bond donors (Lipinski definition) is 3. The van der Waals surface area contributed by atoms with Crippen molar-refractivity contribution in [1.29, 1.82) is 0 Å². The summed E-state index contributed by atoms with van der Waals surface area (Å²) in [6.45, 7) is 15.1. The fraction of sp³-hybridized carbons (Fsp3) is 0.545. The van der Waals surface area contributed by atoms with Crippen molar-refractivity contribution in [3.63, 3.8) is 0 Å². The van der Waals surface area contributed by atoms with E-state index in [4.69, 9.17) is 36.1 Å². The second-order valence-electron chi connectivity index (χ2n) is 23.8. The molecule has 2 saturated heterocycles. The van der Waals surface area contributed by atoms with E-state index in [1.54, 1.807) is 56.3 Å². The number of nitrogens with one attached hydrogen (secondary N) is 3. The number of aromatic nitrogens is 10. The quantitative estimate of drug-likeness (QED) is 0.0382. The summed E-state index contributed by atoms with van der Waals surface area (Å²) in [6, 6.07) is 9.75. The molecule has 12 rings (SSSR count). The predicted molar refractivity (Wildman–Crippen MR) is 310 cm³/mol. The smallest absolute Gasteiger partial charge is 1.00 e. The van der Waals surface area contributed by atoms with Crippen molar-refractivity contribution in [2.45, 2.75) is 139 Å². The molecule has 2 spiro atoms. The standard InChI is InChI=1S/C27H35N7O4S.C19H21ClN6O4S.C8H15N.CH2O3.ClH.2K.H/c1-18-14-27(9-5-10-27)33(15-18)24-20(25(35)31-39(36,37)21-16-32(4)29-19(21)2)6-7-22(28-24)34-13-8-23(30-34)38-17-26(3)11-12-26;1-12-14(10-25(3)22-12)31(28,29)24-18(27)13-4-5-15(21-17(13)20)26-9-6-16(23-26)30-11-19(2)7-8-19;1-7-5-8(9-6-7)3-2-4-8;2-1-4-3;;;;/h6-8,13,16,18H,5,9-12,14-15,17H2,1-4H3,(H,31,35);4-6,9-10H,7-8,11H2,1-3H3,(H,24,27);7,9H,2-6H2,1H3;1,3H;1H;;;/q;;;;;2*+1;-1/p-1. The Morgan fingerprint density at radius 2 is 1.19 bits per heavy atom. The van der Waals surface area contributed by atoms with Gasteiger partial charge < -0.3 is 31.3 Å². The average Bonchev–Trinajstić information content (AvgIpc) is 1.75. The molecule has 0 bridgehead atoms. The SMILES string of the molecule is CC1CNC2(CCC2)C1.Cc1nn(C)cc1S(=O)(=O)NC(=O)c1ccc(-n2ccc(OCC3(C)CC3)n2)nc1Cl.Cc1nn(C)cc1S(=O)(=O)NC(=O)c1ccc(-n2ccc(OCC3(C)CC3)n2)nc1N1CC(C)CC12CCC2.Cl.O=CO[O-].[H-].[K+].[K+]. The second kappa shape index (κ2) is 29.3. The van der Waals surface area contributed by atoms with E-state index < -0.39 is 31.9 Å². The molecular formula is C55H74Cl2K2N14O11S2. The zero-order valence-electron chi connectivity index (χ0n) is 51.3. The Morgan fingerprint density at radius 1 is 0.721 bits per heavy atom. The summed E-state index contributed by atoms with van der Waals surface area (Å²) in [5.41, 5.74) is 1.78. The molecule has 6 fully saturated rings. The zero-order valence-corrected chi connectivity index (χ0v) is 59.8. The van der Waals surface area contributed by atoms with Gasteiger partial charge in [-0.1, -0.05) is 39.3 Å². The van der Waals surface area contributed by atoms with Gasteiger partial charge in [-0.15, -0.1) is 22.6 Å². The number of hydrogen-bond acceptors (Lipinski definition) is 19. The van der Waals surface area contributed by atoms with Crippen LogP contribution in [0, 0.1) is 36.5 Å². The summed E-state index contributed by atoms with van der Waals surface area (Å²) in [5, 5.41) is 28.8. The Kier molecular flexibility index (Phi) is 24.4. The number of halogens is 2. The second-order valence-corrected chi connectivity index (χ2v) is 27.5. The first kappa shape index (κ1) is 71.7. The maximum Gasteiger partial charge on any atom is 1.00 e. The van der Waals surface area contributed by atoms with Gasteiger partial charge >= 0.3 is 103 Å². The predicted octanol–water partition coefficient (Wildman–Crippen LogP) is 0.151. The van der Waals surface area contributed by atoms with Crippen LogP contribution >= 0.6 is 24.0 Å². The van der Waals surface area contributed by atoms with E-state index in [0.717, 1.165) is 63.8 Å². The van der Waals surface area contributed by atoms with Crippen molar-refractivity contribution in [2.75, 3.05) is 31.2 Å². The molecule has 2 atom stereocenters. The topological polar surface area (TPSA) is 307 Å². The molecular weight excluding hydrogens is 1250 g/mol. The van der Waals surface area contributed by atoms with Gasteiger partial charge in [0.25, 0.3) is 38.3 Å². The van der Waals surface area contributed by atoms with Gasteiger partial charge in [-0.05, 0) is 134 Å². The van der Waals surface area contributed by atoms with E-state index in [1.807, 2.05) is 10.8 Å². The Morgan fingerprint density at radius 3 is 1.56 bits per heavy atom. The van der Waals surface area contributed by atoms with Gasteiger partial charge in [-0.3, -0.25) is 23.7 Å². The molecule has 0 aromatic carbocycles. The fourth-order valence-electron chi connectivity index (χ4n) is 10.9. The molecule has 86 heavy (non-hydrogen) atoms. The van der Waals surface area contributed by atoms with Gasteiger partial charge in [-0.25, -0.2) is 45.6 Å². The summed E-state index contributed by atoms with van der Waals surface area (Å²) >= 11 is 6.16. The minimum Gasteiger partial charge on any atom is -1.00 e. The fourth-order valence-corrected chi connectivity index (χ4v) is 13.5. The molecule has 458 valence electrons. The molecule has 2 amide bonds. The van der Waals surface area contributed by atoms with Crippen molar-refractivity contribution in [3.8, 4) is 23.4 Å². The molecule has 31 heteroatoms. The number of aryl methyl sites for hydroxylation is 4. The monoisotopic (exact) mass is 1320 g/mol. The molecule has 6 aromatic heterocycles. The largest absolute Gasteiger partial charge is 1.00 e. The summed E-state index contributed by atoms with van der Waals surface area (Å²) in [7, 11) is -5.01. The van der Waals surface area contributed by atoms with Crippen LogP contribution in [0.1, 0.15) is 138 Å². The third-order valence-electron chi connectivity index (χ3n) is 16.3. The first-order chi connectivity index (χ1) is 39.3. The molecule has 0 radical (unpaired) electrons. The third-order valence-corrected chi connectivity index (χ3v) is 19.5. The summed E-state index contributed by atoms with van der Waals surface area (Å²) < 4.78 is 73.0. The van der Waals surface area contributed by atoms with Crippen molar-refractivity contribution >= 4 is 68.2 Å². The molecule has 4 saturated carbocycles. The number of amides is 2. The third kappa shape index (κ3) is 17.4. The normalized spacial score (nSPS) is 19.3. The van der Waals surface area contributed by atoms with Crippen LogP contribution < -0.4 is 137 Å². The zero-order chi connectivity index (χ0) is 59.7. The number of ether oxygens (including phenoxy) is 2. The maximum atomic E-state index is 13.5. The molecule has 6 aliphatic rings. The Balaban J connectivity index is 0.000000256. The van der Waals surface area contributed by atoms with Crippen LogP contribution in [-0.2, 0) is 43.8 Å². The molecule has 2 unspecified atom stereocenters. The maximum absolute atomic E-state index is 13.5. The Bertz CT molecular complexity index is 3610. The number of sulfonamides is 2. The van der Waals surface area contributed by atoms with Crippen molar-refractivity contribution in [2.24, 2.45) is 36.8 Å². The molecule has 25 nitrogen and oxygen atoms in total. The van der Waals surface area contributed by atoms with Gasteiger partial charge in [0.2, 0.25) is 11.8 Å². The molecule has 3 N–H and O–H groups in total.